The zero-order chi connectivity index (χ0) is 21.3. The molecule has 2 aromatic carbocycles. The molecule has 1 atom stereocenters. The molecule has 0 saturated heterocycles. The summed E-state index contributed by atoms with van der Waals surface area (Å²) in [6.07, 6.45) is -5.46. The van der Waals surface area contributed by atoms with Crippen LogP contribution in [0.25, 0.3) is 11.1 Å². The Labute approximate surface area is 168 Å². The van der Waals surface area contributed by atoms with Crippen molar-refractivity contribution >= 4 is 5.97 Å². The van der Waals surface area contributed by atoms with Crippen LogP contribution < -0.4 is 0 Å². The number of phenolic OH excluding ortho intramolecular Hbond substituents is 1. The molecule has 158 valence electrons. The predicted octanol–water partition coefficient (Wildman–Crippen LogP) is 5.74. The summed E-state index contributed by atoms with van der Waals surface area (Å²) in [5.74, 6) is -0.871. The van der Waals surface area contributed by atoms with E-state index in [0.717, 1.165) is 11.1 Å². The molecule has 0 radical (unpaired) electrons. The Hall–Kier alpha value is -2.54. The lowest BCUT2D eigenvalue weighted by atomic mass is 10.0. The highest BCUT2D eigenvalue weighted by atomic mass is 19.4. The van der Waals surface area contributed by atoms with E-state index in [4.69, 9.17) is 9.47 Å². The van der Waals surface area contributed by atoms with Crippen molar-refractivity contribution in [3.63, 3.8) is 0 Å². The maximum atomic E-state index is 13.2. The summed E-state index contributed by atoms with van der Waals surface area (Å²) in [6.45, 7) is 2.95. The number of phenols is 1. The Kier molecular flexibility index (Phi) is 8.51. The molecule has 0 heterocycles. The molecule has 0 aromatic heterocycles. The Morgan fingerprint density at radius 2 is 1.55 bits per heavy atom. The summed E-state index contributed by atoms with van der Waals surface area (Å²) in [4.78, 5) is 12.2. The summed E-state index contributed by atoms with van der Waals surface area (Å²) in [5.41, 5.74) is 1.63. The average Bonchev–Trinajstić information content (AvgIpc) is 2.69. The Balaban J connectivity index is 1.95. The van der Waals surface area contributed by atoms with Crippen LogP contribution in [-0.2, 0) is 9.47 Å². The van der Waals surface area contributed by atoms with Gasteiger partial charge in [0.15, 0.2) is 6.10 Å². The van der Waals surface area contributed by atoms with Crippen molar-refractivity contribution in [3.8, 4) is 16.9 Å². The largest absolute Gasteiger partial charge is 0.508 e. The number of carbonyl (C=O) groups excluding carboxylic acids is 1. The van der Waals surface area contributed by atoms with E-state index in [1.54, 1.807) is 24.3 Å². The summed E-state index contributed by atoms with van der Waals surface area (Å²) < 4.78 is 49.6. The molecular formula is C22H25F3O4. The second-order valence-electron chi connectivity index (χ2n) is 6.61. The first-order valence-electron chi connectivity index (χ1n) is 9.56. The van der Waals surface area contributed by atoms with Gasteiger partial charge in [-0.2, -0.15) is 13.2 Å². The van der Waals surface area contributed by atoms with E-state index >= 15 is 0 Å². The summed E-state index contributed by atoms with van der Waals surface area (Å²) in [5, 5.41) is 9.33. The third-order valence-corrected chi connectivity index (χ3v) is 4.39. The van der Waals surface area contributed by atoms with Crippen LogP contribution in [0.4, 0.5) is 13.2 Å². The number of hydrogen-bond acceptors (Lipinski definition) is 4. The molecule has 0 amide bonds. The standard InChI is InChI=1S/C22H25F3O4/c1-2-28-15-5-3-4-6-20(22(23,24)25)29-21(27)18-9-7-16(8-10-18)17-11-13-19(26)14-12-17/h7-14,20,26H,2-6,15H2,1H3/t20-/m1/s1. The van der Waals surface area contributed by atoms with Crippen LogP contribution in [0.2, 0.25) is 0 Å². The molecule has 7 heteroatoms. The van der Waals surface area contributed by atoms with E-state index in [1.807, 2.05) is 6.92 Å². The van der Waals surface area contributed by atoms with Gasteiger partial charge in [0, 0.05) is 13.2 Å². The van der Waals surface area contributed by atoms with Gasteiger partial charge in [-0.25, -0.2) is 4.79 Å². The van der Waals surface area contributed by atoms with E-state index < -0.39 is 18.2 Å². The third-order valence-electron chi connectivity index (χ3n) is 4.39. The van der Waals surface area contributed by atoms with Crippen molar-refractivity contribution in [1.82, 2.24) is 0 Å². The van der Waals surface area contributed by atoms with Crippen LogP contribution >= 0.6 is 0 Å². The number of rotatable bonds is 10. The van der Waals surface area contributed by atoms with Gasteiger partial charge in [-0.05, 0) is 61.6 Å². The van der Waals surface area contributed by atoms with Crippen LogP contribution in [0.15, 0.2) is 48.5 Å². The zero-order valence-corrected chi connectivity index (χ0v) is 16.2. The maximum Gasteiger partial charge on any atom is 0.425 e. The normalized spacial score (nSPS) is 12.6. The number of benzene rings is 2. The number of hydrogen-bond donors (Lipinski definition) is 1. The van der Waals surface area contributed by atoms with Gasteiger partial charge >= 0.3 is 12.1 Å². The van der Waals surface area contributed by atoms with E-state index in [-0.39, 0.29) is 17.7 Å². The van der Waals surface area contributed by atoms with Crippen LogP contribution in [0, 0.1) is 0 Å². The molecular weight excluding hydrogens is 385 g/mol. The number of esters is 1. The van der Waals surface area contributed by atoms with Crippen LogP contribution in [0.1, 0.15) is 43.0 Å². The first-order valence-corrected chi connectivity index (χ1v) is 9.56. The molecule has 2 rings (SSSR count). The topological polar surface area (TPSA) is 55.8 Å². The molecule has 0 aliphatic rings. The number of carbonyl (C=O) groups is 1. The molecule has 0 unspecified atom stereocenters. The first-order chi connectivity index (χ1) is 13.8. The smallest absolute Gasteiger partial charge is 0.425 e. The van der Waals surface area contributed by atoms with Gasteiger partial charge < -0.3 is 14.6 Å². The highest BCUT2D eigenvalue weighted by Crippen LogP contribution is 2.28. The fourth-order valence-corrected chi connectivity index (χ4v) is 2.79. The minimum atomic E-state index is -4.61. The second-order valence-corrected chi connectivity index (χ2v) is 6.61. The molecule has 2 aromatic rings. The number of unbranched alkanes of at least 4 members (excludes halogenated alkanes) is 2. The monoisotopic (exact) mass is 410 g/mol. The van der Waals surface area contributed by atoms with E-state index in [2.05, 4.69) is 0 Å². The number of halogens is 3. The molecule has 0 fully saturated rings. The van der Waals surface area contributed by atoms with Crippen molar-refractivity contribution < 1.29 is 32.5 Å². The fraction of sp³-hybridized carbons (Fsp3) is 0.409. The van der Waals surface area contributed by atoms with Crippen LogP contribution in [-0.4, -0.2) is 36.6 Å². The lowest BCUT2D eigenvalue weighted by Gasteiger charge is -2.20. The lowest BCUT2D eigenvalue weighted by Crippen LogP contribution is -2.33. The van der Waals surface area contributed by atoms with Gasteiger partial charge in [0.1, 0.15) is 5.75 Å². The van der Waals surface area contributed by atoms with Crippen molar-refractivity contribution in [2.75, 3.05) is 13.2 Å². The van der Waals surface area contributed by atoms with Gasteiger partial charge in [0.25, 0.3) is 0 Å². The van der Waals surface area contributed by atoms with E-state index in [9.17, 15) is 23.1 Å². The minimum absolute atomic E-state index is 0.0538. The minimum Gasteiger partial charge on any atom is -0.508 e. The van der Waals surface area contributed by atoms with Gasteiger partial charge in [-0.1, -0.05) is 30.7 Å². The quantitative estimate of drug-likeness (QED) is 0.401. The van der Waals surface area contributed by atoms with Crippen molar-refractivity contribution in [1.29, 1.82) is 0 Å². The lowest BCUT2D eigenvalue weighted by molar-refractivity contribution is -0.206. The van der Waals surface area contributed by atoms with Gasteiger partial charge in [-0.15, -0.1) is 0 Å². The Morgan fingerprint density at radius 1 is 0.966 bits per heavy atom. The molecule has 0 spiro atoms. The van der Waals surface area contributed by atoms with Crippen molar-refractivity contribution in [3.05, 3.63) is 54.1 Å². The summed E-state index contributed by atoms with van der Waals surface area (Å²) in [6, 6.07) is 12.6. The first kappa shape index (κ1) is 22.7. The Morgan fingerprint density at radius 3 is 2.10 bits per heavy atom. The predicted molar refractivity (Wildman–Crippen MR) is 104 cm³/mol. The molecule has 1 N–H and O–H groups in total. The highest BCUT2D eigenvalue weighted by molar-refractivity contribution is 5.90. The average molecular weight is 410 g/mol. The summed E-state index contributed by atoms with van der Waals surface area (Å²) >= 11 is 0. The SMILES string of the molecule is CCOCCCCC[C@@H](OC(=O)c1ccc(-c2ccc(O)cc2)cc1)C(F)(F)F. The second kappa shape index (κ2) is 10.9. The highest BCUT2D eigenvalue weighted by Gasteiger charge is 2.42. The molecule has 0 saturated carbocycles. The maximum absolute atomic E-state index is 13.2. The summed E-state index contributed by atoms with van der Waals surface area (Å²) in [7, 11) is 0. The molecule has 0 bridgehead atoms. The number of ether oxygens (including phenoxy) is 2. The molecule has 29 heavy (non-hydrogen) atoms. The third kappa shape index (κ3) is 7.42. The number of aromatic hydroxyl groups is 1. The fourth-order valence-electron chi connectivity index (χ4n) is 2.79. The van der Waals surface area contributed by atoms with Gasteiger partial charge in [0.05, 0.1) is 5.56 Å². The Bertz CT molecular complexity index is 755. The van der Waals surface area contributed by atoms with E-state index in [1.165, 1.54) is 24.3 Å². The van der Waals surface area contributed by atoms with Crippen molar-refractivity contribution in [2.45, 2.75) is 44.9 Å². The van der Waals surface area contributed by atoms with Crippen molar-refractivity contribution in [2.24, 2.45) is 0 Å². The van der Waals surface area contributed by atoms with Crippen LogP contribution in [0.5, 0.6) is 5.75 Å². The molecule has 4 nitrogen and oxygen atoms in total. The van der Waals surface area contributed by atoms with Crippen LogP contribution in [0.3, 0.4) is 0 Å². The zero-order valence-electron chi connectivity index (χ0n) is 16.2. The van der Waals surface area contributed by atoms with E-state index in [0.29, 0.717) is 32.5 Å². The number of alkyl halides is 3. The molecule has 0 aliphatic carbocycles. The van der Waals surface area contributed by atoms with Gasteiger partial charge in [-0.3, -0.25) is 0 Å². The van der Waals surface area contributed by atoms with Gasteiger partial charge in [0.2, 0.25) is 0 Å². The molecule has 0 aliphatic heterocycles.